The molecule has 0 bridgehead atoms. The van der Waals surface area contributed by atoms with Crippen molar-refractivity contribution in [1.29, 1.82) is 0 Å². The summed E-state index contributed by atoms with van der Waals surface area (Å²) in [5, 5.41) is 5.69. The van der Waals surface area contributed by atoms with E-state index in [9.17, 15) is 9.59 Å². The fourth-order valence-electron chi connectivity index (χ4n) is 3.30. The molecule has 0 aliphatic rings. The SMILES string of the molecule is CC(C)(C)OC(=O)N[C@@H](CCCCNC(=O)OCc1ccccc1)c1nc2ccccc2[nH]1. The first-order chi connectivity index (χ1) is 15.8. The maximum Gasteiger partial charge on any atom is 0.408 e. The molecule has 0 saturated carbocycles. The highest BCUT2D eigenvalue weighted by atomic mass is 16.6. The number of amides is 2. The van der Waals surface area contributed by atoms with Crippen LogP contribution in [0.2, 0.25) is 0 Å². The Hall–Kier alpha value is -3.55. The van der Waals surface area contributed by atoms with Crippen LogP contribution >= 0.6 is 0 Å². The summed E-state index contributed by atoms with van der Waals surface area (Å²) in [6.07, 6.45) is 1.19. The summed E-state index contributed by atoms with van der Waals surface area (Å²) in [5.41, 5.74) is 2.10. The molecule has 1 aromatic heterocycles. The van der Waals surface area contributed by atoms with Gasteiger partial charge in [-0.2, -0.15) is 0 Å². The molecule has 3 aromatic rings. The number of benzene rings is 2. The van der Waals surface area contributed by atoms with Crippen LogP contribution in [0.1, 0.15) is 57.5 Å². The van der Waals surface area contributed by atoms with Crippen molar-refractivity contribution in [3.63, 3.8) is 0 Å². The van der Waals surface area contributed by atoms with Gasteiger partial charge in [0.05, 0.1) is 17.1 Å². The number of fused-ring (bicyclic) bond motifs is 1. The van der Waals surface area contributed by atoms with E-state index >= 15 is 0 Å². The van der Waals surface area contributed by atoms with Crippen molar-refractivity contribution >= 4 is 23.2 Å². The molecular weight excluding hydrogens is 420 g/mol. The van der Waals surface area contributed by atoms with Crippen molar-refractivity contribution in [2.45, 2.75) is 58.3 Å². The fourth-order valence-corrected chi connectivity index (χ4v) is 3.30. The molecular formula is C25H32N4O4. The zero-order chi connectivity index (χ0) is 23.7. The third-order valence-corrected chi connectivity index (χ3v) is 4.83. The van der Waals surface area contributed by atoms with Gasteiger partial charge in [0.1, 0.15) is 18.0 Å². The largest absolute Gasteiger partial charge is 0.445 e. The first-order valence-corrected chi connectivity index (χ1v) is 11.2. The molecule has 0 unspecified atom stereocenters. The highest BCUT2D eigenvalue weighted by Gasteiger charge is 2.22. The monoisotopic (exact) mass is 452 g/mol. The van der Waals surface area contributed by atoms with Crippen LogP contribution in [0.3, 0.4) is 0 Å². The van der Waals surface area contributed by atoms with E-state index in [2.05, 4.69) is 20.6 Å². The molecule has 8 heteroatoms. The van der Waals surface area contributed by atoms with Gasteiger partial charge in [-0.25, -0.2) is 14.6 Å². The molecule has 2 aromatic carbocycles. The second-order valence-corrected chi connectivity index (χ2v) is 8.82. The van der Waals surface area contributed by atoms with Gasteiger partial charge in [0.25, 0.3) is 0 Å². The van der Waals surface area contributed by atoms with E-state index in [1.165, 1.54) is 0 Å². The Bertz CT molecular complexity index is 1010. The van der Waals surface area contributed by atoms with Gasteiger partial charge in [-0.3, -0.25) is 0 Å². The fraction of sp³-hybridized carbons (Fsp3) is 0.400. The standard InChI is InChI=1S/C25H32N4O4/c1-25(2,3)33-24(31)29-21(22-27-19-13-7-8-14-20(19)28-22)15-9-10-16-26-23(30)32-17-18-11-5-4-6-12-18/h4-8,11-14,21H,9-10,15-17H2,1-3H3,(H,26,30)(H,27,28)(H,29,31)/t21-/m0/s1. The van der Waals surface area contributed by atoms with Crippen molar-refractivity contribution in [2.75, 3.05) is 6.54 Å². The van der Waals surface area contributed by atoms with Crippen molar-refractivity contribution in [3.05, 3.63) is 66.0 Å². The molecule has 176 valence electrons. The molecule has 2 amide bonds. The Balaban J connectivity index is 1.48. The van der Waals surface area contributed by atoms with E-state index in [0.717, 1.165) is 29.4 Å². The lowest BCUT2D eigenvalue weighted by Gasteiger charge is -2.23. The van der Waals surface area contributed by atoms with Gasteiger partial charge in [-0.05, 0) is 57.7 Å². The lowest BCUT2D eigenvalue weighted by atomic mass is 10.1. The number of alkyl carbamates (subject to hydrolysis) is 2. The number of para-hydroxylation sites is 2. The number of hydrogen-bond donors (Lipinski definition) is 3. The summed E-state index contributed by atoms with van der Waals surface area (Å²) in [4.78, 5) is 32.2. The van der Waals surface area contributed by atoms with Gasteiger partial charge in [0, 0.05) is 6.54 Å². The predicted octanol–water partition coefficient (Wildman–Crippen LogP) is 5.23. The Morgan fingerprint density at radius 2 is 1.73 bits per heavy atom. The number of ether oxygens (including phenoxy) is 2. The van der Waals surface area contributed by atoms with Crippen LogP contribution < -0.4 is 10.6 Å². The van der Waals surface area contributed by atoms with Gasteiger partial charge in [-0.15, -0.1) is 0 Å². The van der Waals surface area contributed by atoms with E-state index in [1.54, 1.807) is 0 Å². The zero-order valence-electron chi connectivity index (χ0n) is 19.4. The van der Waals surface area contributed by atoms with Crippen LogP contribution in [0.25, 0.3) is 11.0 Å². The topological polar surface area (TPSA) is 105 Å². The van der Waals surface area contributed by atoms with Gasteiger partial charge >= 0.3 is 12.2 Å². The summed E-state index contributed by atoms with van der Waals surface area (Å²) in [6.45, 7) is 6.19. The van der Waals surface area contributed by atoms with Crippen LogP contribution in [0, 0.1) is 0 Å². The Labute approximate surface area is 194 Å². The molecule has 1 atom stereocenters. The second kappa shape index (κ2) is 11.4. The van der Waals surface area contributed by atoms with E-state index in [4.69, 9.17) is 9.47 Å². The van der Waals surface area contributed by atoms with E-state index in [0.29, 0.717) is 18.8 Å². The number of unbranched alkanes of at least 4 members (excludes halogenated alkanes) is 1. The first-order valence-electron chi connectivity index (χ1n) is 11.2. The second-order valence-electron chi connectivity index (χ2n) is 8.82. The minimum Gasteiger partial charge on any atom is -0.445 e. The summed E-state index contributed by atoms with van der Waals surface area (Å²) >= 11 is 0. The number of carbonyl (C=O) groups is 2. The first kappa shape index (κ1) is 24.1. The minimum atomic E-state index is -0.591. The van der Waals surface area contributed by atoms with Gasteiger partial charge in [0.2, 0.25) is 0 Å². The summed E-state index contributed by atoms with van der Waals surface area (Å²) in [7, 11) is 0. The molecule has 1 heterocycles. The quantitative estimate of drug-likeness (QED) is 0.386. The van der Waals surface area contributed by atoms with Crippen LogP contribution in [0.4, 0.5) is 9.59 Å². The van der Waals surface area contributed by atoms with E-state index in [1.807, 2.05) is 75.4 Å². The Morgan fingerprint density at radius 3 is 2.45 bits per heavy atom. The Kier molecular flexibility index (Phi) is 8.29. The number of nitrogens with zero attached hydrogens (tertiary/aromatic N) is 1. The molecule has 8 nitrogen and oxygen atoms in total. The molecule has 0 saturated heterocycles. The average Bonchev–Trinajstić information content (AvgIpc) is 3.20. The Morgan fingerprint density at radius 1 is 1.00 bits per heavy atom. The molecule has 3 N–H and O–H groups in total. The van der Waals surface area contributed by atoms with Crippen LogP contribution in [-0.2, 0) is 16.1 Å². The van der Waals surface area contributed by atoms with Gasteiger partial charge in [0.15, 0.2) is 0 Å². The molecule has 0 aliphatic carbocycles. The van der Waals surface area contributed by atoms with Crippen LogP contribution in [0.15, 0.2) is 54.6 Å². The summed E-state index contributed by atoms with van der Waals surface area (Å²) in [6, 6.07) is 16.9. The smallest absolute Gasteiger partial charge is 0.408 e. The lowest BCUT2D eigenvalue weighted by Crippen LogP contribution is -2.35. The normalized spacial score (nSPS) is 12.2. The van der Waals surface area contributed by atoms with Crippen LogP contribution in [0.5, 0.6) is 0 Å². The number of H-pyrrole nitrogens is 1. The van der Waals surface area contributed by atoms with E-state index in [-0.39, 0.29) is 12.6 Å². The number of nitrogens with one attached hydrogen (secondary N) is 3. The number of aromatic nitrogens is 2. The van der Waals surface area contributed by atoms with Crippen LogP contribution in [-0.4, -0.2) is 34.3 Å². The maximum atomic E-state index is 12.4. The number of rotatable bonds is 9. The molecule has 0 aliphatic heterocycles. The third kappa shape index (κ3) is 8.14. The molecule has 3 rings (SSSR count). The summed E-state index contributed by atoms with van der Waals surface area (Å²) in [5.74, 6) is 0.678. The number of aromatic amines is 1. The molecule has 0 radical (unpaired) electrons. The van der Waals surface area contributed by atoms with E-state index < -0.39 is 17.8 Å². The summed E-state index contributed by atoms with van der Waals surface area (Å²) < 4.78 is 10.6. The van der Waals surface area contributed by atoms with Crippen molar-refractivity contribution in [1.82, 2.24) is 20.6 Å². The lowest BCUT2D eigenvalue weighted by molar-refractivity contribution is 0.0498. The number of hydrogen-bond acceptors (Lipinski definition) is 5. The highest BCUT2D eigenvalue weighted by molar-refractivity contribution is 5.75. The van der Waals surface area contributed by atoms with Gasteiger partial charge in [-0.1, -0.05) is 42.5 Å². The van der Waals surface area contributed by atoms with Crippen molar-refractivity contribution < 1.29 is 19.1 Å². The van der Waals surface area contributed by atoms with Gasteiger partial charge < -0.3 is 25.1 Å². The minimum absolute atomic E-state index is 0.237. The maximum absolute atomic E-state index is 12.4. The number of carbonyl (C=O) groups excluding carboxylic acids is 2. The predicted molar refractivity (Wildman–Crippen MR) is 127 cm³/mol. The highest BCUT2D eigenvalue weighted by Crippen LogP contribution is 2.21. The molecule has 0 spiro atoms. The number of imidazole rings is 1. The average molecular weight is 453 g/mol. The van der Waals surface area contributed by atoms with Crippen molar-refractivity contribution in [3.8, 4) is 0 Å². The molecule has 0 fully saturated rings. The van der Waals surface area contributed by atoms with Crippen molar-refractivity contribution in [2.24, 2.45) is 0 Å². The zero-order valence-corrected chi connectivity index (χ0v) is 19.4. The molecule has 33 heavy (non-hydrogen) atoms. The third-order valence-electron chi connectivity index (χ3n) is 4.83.